The number of aromatic nitrogens is 1. The van der Waals surface area contributed by atoms with Crippen molar-refractivity contribution in [2.24, 2.45) is 11.8 Å². The average molecular weight is 260 g/mol. The van der Waals surface area contributed by atoms with E-state index in [0.717, 1.165) is 17.7 Å². The number of allylic oxidation sites excluding steroid dienone is 1. The molecule has 5 nitrogen and oxygen atoms in total. The second kappa shape index (κ2) is 4.57. The maximum atomic E-state index is 10.9. The topological polar surface area (TPSA) is 62.7 Å². The standard InChI is InChI=1S/C14H16N2O3/c1-19-13-4-10(5-15-6-13)9-2-11-7-16(14(17)18)8-12(11)3-9/h2,4-6,11-12H,3,7-8H2,1H3,(H,17,18)/t11-,12+/m1/s1. The van der Waals surface area contributed by atoms with Crippen LogP contribution < -0.4 is 4.74 Å². The van der Waals surface area contributed by atoms with Gasteiger partial charge in [0.2, 0.25) is 0 Å². The maximum absolute atomic E-state index is 10.9. The van der Waals surface area contributed by atoms with Gasteiger partial charge in [0.05, 0.1) is 13.3 Å². The van der Waals surface area contributed by atoms with Crippen LogP contribution in [0.4, 0.5) is 4.79 Å². The van der Waals surface area contributed by atoms with Crippen molar-refractivity contribution in [2.45, 2.75) is 6.42 Å². The lowest BCUT2D eigenvalue weighted by molar-refractivity contribution is 0.153. The Morgan fingerprint density at radius 3 is 3.00 bits per heavy atom. The van der Waals surface area contributed by atoms with Crippen molar-refractivity contribution in [1.82, 2.24) is 9.88 Å². The lowest BCUT2D eigenvalue weighted by atomic mass is 9.99. The molecule has 100 valence electrons. The van der Waals surface area contributed by atoms with Crippen molar-refractivity contribution in [3.63, 3.8) is 0 Å². The van der Waals surface area contributed by atoms with Gasteiger partial charge >= 0.3 is 6.09 Å². The van der Waals surface area contributed by atoms with E-state index < -0.39 is 6.09 Å². The Balaban J connectivity index is 1.78. The predicted octanol–water partition coefficient (Wildman–Crippen LogP) is 2.10. The number of nitrogens with zero attached hydrogens (tertiary/aromatic N) is 2. The van der Waals surface area contributed by atoms with E-state index in [1.807, 2.05) is 12.3 Å². The number of amides is 1. The van der Waals surface area contributed by atoms with Gasteiger partial charge in [0.1, 0.15) is 5.75 Å². The van der Waals surface area contributed by atoms with Gasteiger partial charge in [-0.05, 0) is 35.5 Å². The molecular formula is C14H16N2O3. The van der Waals surface area contributed by atoms with Gasteiger partial charge in [0.25, 0.3) is 0 Å². The number of hydrogen-bond acceptors (Lipinski definition) is 3. The third kappa shape index (κ3) is 2.16. The molecule has 5 heteroatoms. The van der Waals surface area contributed by atoms with Crippen LogP contribution in [0.2, 0.25) is 0 Å². The number of pyridine rings is 1. The molecule has 1 aromatic rings. The zero-order valence-corrected chi connectivity index (χ0v) is 10.7. The van der Waals surface area contributed by atoms with Gasteiger partial charge in [-0.1, -0.05) is 6.08 Å². The third-order valence-electron chi connectivity index (χ3n) is 3.98. The van der Waals surface area contributed by atoms with Gasteiger partial charge in [-0.3, -0.25) is 4.98 Å². The van der Waals surface area contributed by atoms with Crippen molar-refractivity contribution < 1.29 is 14.6 Å². The van der Waals surface area contributed by atoms with Crippen molar-refractivity contribution in [3.8, 4) is 5.75 Å². The van der Waals surface area contributed by atoms with Gasteiger partial charge in [0, 0.05) is 19.3 Å². The molecule has 0 unspecified atom stereocenters. The second-order valence-electron chi connectivity index (χ2n) is 5.12. The Labute approximate surface area is 111 Å². The van der Waals surface area contributed by atoms with Gasteiger partial charge in [-0.2, -0.15) is 0 Å². The van der Waals surface area contributed by atoms with Gasteiger partial charge in [-0.15, -0.1) is 0 Å². The highest BCUT2D eigenvalue weighted by atomic mass is 16.5. The first-order chi connectivity index (χ1) is 9.17. The molecule has 0 saturated carbocycles. The lowest BCUT2D eigenvalue weighted by Gasteiger charge is -2.12. The Hall–Kier alpha value is -2.04. The summed E-state index contributed by atoms with van der Waals surface area (Å²) in [4.78, 5) is 16.6. The van der Waals surface area contributed by atoms with E-state index in [1.54, 1.807) is 13.3 Å². The van der Waals surface area contributed by atoms with E-state index in [9.17, 15) is 4.79 Å². The highest BCUT2D eigenvalue weighted by Gasteiger charge is 2.38. The van der Waals surface area contributed by atoms with Crippen LogP contribution in [-0.2, 0) is 0 Å². The molecule has 1 aliphatic heterocycles. The smallest absolute Gasteiger partial charge is 0.407 e. The number of likely N-dealkylation sites (tertiary alicyclic amines) is 1. The minimum Gasteiger partial charge on any atom is -0.495 e. The second-order valence-corrected chi connectivity index (χ2v) is 5.12. The molecule has 2 atom stereocenters. The first-order valence-electron chi connectivity index (χ1n) is 6.35. The molecule has 2 heterocycles. The van der Waals surface area contributed by atoms with E-state index >= 15 is 0 Å². The van der Waals surface area contributed by atoms with E-state index in [2.05, 4.69) is 11.1 Å². The molecule has 1 aliphatic carbocycles. The van der Waals surface area contributed by atoms with Gasteiger partial charge in [-0.25, -0.2) is 4.79 Å². The monoisotopic (exact) mass is 260 g/mol. The first kappa shape index (κ1) is 12.0. The van der Waals surface area contributed by atoms with Crippen LogP contribution in [0.25, 0.3) is 5.57 Å². The molecule has 0 bridgehead atoms. The van der Waals surface area contributed by atoms with Crippen LogP contribution in [0.3, 0.4) is 0 Å². The number of rotatable bonds is 2. The van der Waals surface area contributed by atoms with E-state index in [-0.39, 0.29) is 0 Å². The molecule has 1 N–H and O–H groups in total. The molecule has 0 radical (unpaired) electrons. The average Bonchev–Trinajstić information content (AvgIpc) is 2.96. The summed E-state index contributed by atoms with van der Waals surface area (Å²) in [6.07, 6.45) is 5.83. The Kier molecular flexibility index (Phi) is 2.89. The summed E-state index contributed by atoms with van der Waals surface area (Å²) in [6.45, 7) is 1.25. The molecule has 0 spiro atoms. The van der Waals surface area contributed by atoms with E-state index in [4.69, 9.17) is 9.84 Å². The van der Waals surface area contributed by atoms with Crippen molar-refractivity contribution in [3.05, 3.63) is 30.1 Å². The lowest BCUT2D eigenvalue weighted by Crippen LogP contribution is -2.27. The zero-order valence-electron chi connectivity index (χ0n) is 10.7. The summed E-state index contributed by atoms with van der Waals surface area (Å²) in [6, 6.07) is 1.98. The fourth-order valence-corrected chi connectivity index (χ4v) is 2.99. The molecule has 1 saturated heterocycles. The van der Waals surface area contributed by atoms with Gasteiger partial charge < -0.3 is 14.7 Å². The molecule has 1 fully saturated rings. The number of fused-ring (bicyclic) bond motifs is 1. The number of carbonyl (C=O) groups is 1. The quantitative estimate of drug-likeness (QED) is 0.884. The SMILES string of the molecule is COc1cncc(C2=C[C@@H]3CN(C(=O)O)C[C@@H]3C2)c1. The molecule has 0 aromatic carbocycles. The van der Waals surface area contributed by atoms with Crippen molar-refractivity contribution in [1.29, 1.82) is 0 Å². The summed E-state index contributed by atoms with van der Waals surface area (Å²) in [5, 5.41) is 9.00. The van der Waals surface area contributed by atoms with Gasteiger partial charge in [0.15, 0.2) is 0 Å². The Morgan fingerprint density at radius 2 is 2.32 bits per heavy atom. The largest absolute Gasteiger partial charge is 0.495 e. The number of methoxy groups -OCH3 is 1. The summed E-state index contributed by atoms with van der Waals surface area (Å²) in [5.41, 5.74) is 2.34. The minimum absolute atomic E-state index is 0.345. The van der Waals surface area contributed by atoms with Crippen molar-refractivity contribution >= 4 is 11.7 Å². The summed E-state index contributed by atoms with van der Waals surface area (Å²) in [5.74, 6) is 1.51. The fourth-order valence-electron chi connectivity index (χ4n) is 2.99. The molecular weight excluding hydrogens is 244 g/mol. The number of ether oxygens (including phenoxy) is 1. The van der Waals surface area contributed by atoms with E-state index in [0.29, 0.717) is 24.9 Å². The summed E-state index contributed by atoms with van der Waals surface area (Å²) in [7, 11) is 1.63. The van der Waals surface area contributed by atoms with Crippen LogP contribution in [0.1, 0.15) is 12.0 Å². The molecule has 3 rings (SSSR count). The molecule has 1 amide bonds. The first-order valence-corrected chi connectivity index (χ1v) is 6.35. The number of hydrogen-bond donors (Lipinski definition) is 1. The minimum atomic E-state index is -0.813. The highest BCUT2D eigenvalue weighted by Crippen LogP contribution is 2.41. The van der Waals surface area contributed by atoms with Crippen LogP contribution in [-0.4, -0.2) is 41.3 Å². The molecule has 2 aliphatic rings. The number of carboxylic acid groups (broad SMARTS) is 1. The summed E-state index contributed by atoms with van der Waals surface area (Å²) >= 11 is 0. The van der Waals surface area contributed by atoms with Crippen LogP contribution in [0.15, 0.2) is 24.5 Å². The highest BCUT2D eigenvalue weighted by molar-refractivity contribution is 5.70. The fraction of sp³-hybridized carbons (Fsp3) is 0.429. The van der Waals surface area contributed by atoms with Crippen molar-refractivity contribution in [2.75, 3.05) is 20.2 Å². The van der Waals surface area contributed by atoms with E-state index in [1.165, 1.54) is 10.5 Å². The Bertz CT molecular complexity index is 541. The third-order valence-corrected chi connectivity index (χ3v) is 3.98. The molecule has 19 heavy (non-hydrogen) atoms. The molecule has 1 aromatic heterocycles. The maximum Gasteiger partial charge on any atom is 0.407 e. The van der Waals surface area contributed by atoms with Crippen LogP contribution >= 0.6 is 0 Å². The normalized spacial score (nSPS) is 25.1. The predicted molar refractivity (Wildman–Crippen MR) is 70.0 cm³/mol. The summed E-state index contributed by atoms with van der Waals surface area (Å²) < 4.78 is 5.18. The Morgan fingerprint density at radius 1 is 1.47 bits per heavy atom. The zero-order chi connectivity index (χ0) is 13.4. The van der Waals surface area contributed by atoms with Crippen LogP contribution in [0.5, 0.6) is 5.75 Å². The van der Waals surface area contributed by atoms with Crippen LogP contribution in [0, 0.1) is 11.8 Å².